The Morgan fingerprint density at radius 2 is 2.11 bits per heavy atom. The molecule has 0 radical (unpaired) electrons. The maximum Gasteiger partial charge on any atom is 0.335 e. The lowest BCUT2D eigenvalue weighted by Gasteiger charge is -2.05. The zero-order valence-corrected chi connectivity index (χ0v) is 9.69. The molecule has 0 aliphatic heterocycles. The van der Waals surface area contributed by atoms with Gasteiger partial charge in [-0.3, -0.25) is 0 Å². The number of halogens is 2. The van der Waals surface area contributed by atoms with E-state index in [0.717, 1.165) is 6.07 Å². The van der Waals surface area contributed by atoms with Gasteiger partial charge in [-0.05, 0) is 18.2 Å². The molecule has 0 amide bonds. The monoisotopic (exact) mass is 267 g/mol. The van der Waals surface area contributed by atoms with Crippen molar-refractivity contribution in [3.63, 3.8) is 0 Å². The van der Waals surface area contributed by atoms with Crippen LogP contribution in [0.15, 0.2) is 36.5 Å². The highest BCUT2D eigenvalue weighted by molar-refractivity contribution is 6.30. The quantitative estimate of drug-likeness (QED) is 0.926. The highest BCUT2D eigenvalue weighted by Crippen LogP contribution is 2.25. The molecule has 4 nitrogen and oxygen atoms in total. The molecular weight excluding hydrogens is 261 g/mol. The van der Waals surface area contributed by atoms with E-state index >= 15 is 0 Å². The molecule has 0 saturated carbocycles. The Morgan fingerprint density at radius 3 is 2.78 bits per heavy atom. The Kier molecular flexibility index (Phi) is 3.43. The van der Waals surface area contributed by atoms with Crippen molar-refractivity contribution >= 4 is 17.6 Å². The van der Waals surface area contributed by atoms with Crippen molar-refractivity contribution < 1.29 is 19.0 Å². The third kappa shape index (κ3) is 2.75. The Hall–Kier alpha value is -2.14. The predicted octanol–water partition coefficient (Wildman–Crippen LogP) is 3.36. The Balaban J connectivity index is 2.25. The van der Waals surface area contributed by atoms with Crippen molar-refractivity contribution in [3.8, 4) is 11.6 Å². The molecular formula is C12H7ClFNO3. The summed E-state index contributed by atoms with van der Waals surface area (Å²) in [4.78, 5) is 14.6. The van der Waals surface area contributed by atoms with E-state index in [1.807, 2.05) is 0 Å². The summed E-state index contributed by atoms with van der Waals surface area (Å²) in [6.45, 7) is 0. The van der Waals surface area contributed by atoms with Gasteiger partial charge in [0.1, 0.15) is 11.6 Å². The van der Waals surface area contributed by atoms with E-state index in [2.05, 4.69) is 4.98 Å². The van der Waals surface area contributed by atoms with E-state index in [0.29, 0.717) is 0 Å². The molecule has 0 fully saturated rings. The van der Waals surface area contributed by atoms with Gasteiger partial charge in [-0.25, -0.2) is 14.2 Å². The number of pyridine rings is 1. The molecule has 0 spiro atoms. The lowest BCUT2D eigenvalue weighted by atomic mass is 10.3. The molecule has 0 bridgehead atoms. The smallest absolute Gasteiger partial charge is 0.335 e. The summed E-state index contributed by atoms with van der Waals surface area (Å²) >= 11 is 5.59. The number of rotatable bonds is 3. The average molecular weight is 268 g/mol. The third-order valence-electron chi connectivity index (χ3n) is 2.10. The molecule has 1 N–H and O–H groups in total. The maximum absolute atomic E-state index is 12.9. The average Bonchev–Trinajstić information content (AvgIpc) is 2.34. The van der Waals surface area contributed by atoms with Crippen LogP contribution in [0.25, 0.3) is 0 Å². The standard InChI is InChI=1S/C12H7ClFNO3/c13-9-6-8(1-2-10(9)14)18-11-5-7(12(16)17)3-4-15-11/h1-6H,(H,16,17). The first kappa shape index (κ1) is 12.3. The molecule has 1 aromatic heterocycles. The summed E-state index contributed by atoms with van der Waals surface area (Å²) in [5.74, 6) is -1.27. The Labute approximate surface area is 107 Å². The Morgan fingerprint density at radius 1 is 1.33 bits per heavy atom. The highest BCUT2D eigenvalue weighted by atomic mass is 35.5. The molecule has 0 atom stereocenters. The second kappa shape index (κ2) is 5.01. The van der Waals surface area contributed by atoms with Crippen LogP contribution < -0.4 is 4.74 Å². The van der Waals surface area contributed by atoms with Crippen molar-refractivity contribution in [2.45, 2.75) is 0 Å². The predicted molar refractivity (Wildman–Crippen MR) is 62.7 cm³/mol. The van der Waals surface area contributed by atoms with Gasteiger partial charge in [-0.15, -0.1) is 0 Å². The number of nitrogens with zero attached hydrogens (tertiary/aromatic N) is 1. The lowest BCUT2D eigenvalue weighted by molar-refractivity contribution is 0.0696. The summed E-state index contributed by atoms with van der Waals surface area (Å²) in [7, 11) is 0. The molecule has 92 valence electrons. The van der Waals surface area contributed by atoms with Crippen LogP contribution in [0, 0.1) is 5.82 Å². The number of ether oxygens (including phenoxy) is 1. The highest BCUT2D eigenvalue weighted by Gasteiger charge is 2.07. The van der Waals surface area contributed by atoms with Crippen LogP contribution in [0.3, 0.4) is 0 Å². The van der Waals surface area contributed by atoms with E-state index in [-0.39, 0.29) is 22.2 Å². The summed E-state index contributed by atoms with van der Waals surface area (Å²) in [6.07, 6.45) is 1.31. The van der Waals surface area contributed by atoms with Crippen LogP contribution in [0.1, 0.15) is 10.4 Å². The second-order valence-corrected chi connectivity index (χ2v) is 3.77. The molecule has 0 aliphatic carbocycles. The largest absolute Gasteiger partial charge is 0.478 e. The van der Waals surface area contributed by atoms with Crippen LogP contribution in [0.5, 0.6) is 11.6 Å². The van der Waals surface area contributed by atoms with Crippen LogP contribution in [0.2, 0.25) is 5.02 Å². The fraction of sp³-hybridized carbons (Fsp3) is 0. The van der Waals surface area contributed by atoms with Gasteiger partial charge < -0.3 is 9.84 Å². The topological polar surface area (TPSA) is 59.4 Å². The molecule has 2 rings (SSSR count). The lowest BCUT2D eigenvalue weighted by Crippen LogP contribution is -1.97. The molecule has 0 saturated heterocycles. The van der Waals surface area contributed by atoms with Crippen LogP contribution >= 0.6 is 11.6 Å². The number of hydrogen-bond acceptors (Lipinski definition) is 3. The number of aromatic carboxylic acids is 1. The first-order valence-corrected chi connectivity index (χ1v) is 5.26. The van der Waals surface area contributed by atoms with Gasteiger partial charge in [0.15, 0.2) is 0 Å². The van der Waals surface area contributed by atoms with E-state index < -0.39 is 11.8 Å². The van der Waals surface area contributed by atoms with E-state index in [1.165, 1.54) is 30.5 Å². The van der Waals surface area contributed by atoms with Crippen LogP contribution in [0.4, 0.5) is 4.39 Å². The molecule has 2 aromatic rings. The molecule has 6 heteroatoms. The number of carboxylic acids is 1. The number of aromatic nitrogens is 1. The van der Waals surface area contributed by atoms with Gasteiger partial charge in [0.05, 0.1) is 10.6 Å². The number of benzene rings is 1. The molecule has 0 aliphatic rings. The van der Waals surface area contributed by atoms with Gasteiger partial charge in [0.2, 0.25) is 5.88 Å². The first-order chi connectivity index (χ1) is 8.56. The fourth-order valence-electron chi connectivity index (χ4n) is 1.26. The maximum atomic E-state index is 12.9. The van der Waals surface area contributed by atoms with Crippen molar-refractivity contribution in [2.75, 3.05) is 0 Å². The van der Waals surface area contributed by atoms with Crippen molar-refractivity contribution in [1.82, 2.24) is 4.98 Å². The van der Waals surface area contributed by atoms with Gasteiger partial charge in [0, 0.05) is 18.3 Å². The van der Waals surface area contributed by atoms with E-state index in [9.17, 15) is 9.18 Å². The molecule has 18 heavy (non-hydrogen) atoms. The fourth-order valence-corrected chi connectivity index (χ4v) is 1.43. The van der Waals surface area contributed by atoms with Crippen LogP contribution in [-0.4, -0.2) is 16.1 Å². The normalized spacial score (nSPS) is 10.1. The first-order valence-electron chi connectivity index (χ1n) is 4.88. The number of hydrogen-bond donors (Lipinski definition) is 1. The van der Waals surface area contributed by atoms with Crippen molar-refractivity contribution in [1.29, 1.82) is 0 Å². The van der Waals surface area contributed by atoms with Crippen molar-refractivity contribution in [2.24, 2.45) is 0 Å². The van der Waals surface area contributed by atoms with Gasteiger partial charge in [0.25, 0.3) is 0 Å². The summed E-state index contributed by atoms with van der Waals surface area (Å²) in [5, 5.41) is 8.72. The minimum absolute atomic E-state index is 0.0493. The van der Waals surface area contributed by atoms with Gasteiger partial charge in [-0.1, -0.05) is 11.6 Å². The zero-order chi connectivity index (χ0) is 13.1. The molecule has 0 unspecified atom stereocenters. The number of carboxylic acid groups (broad SMARTS) is 1. The third-order valence-corrected chi connectivity index (χ3v) is 2.38. The number of carbonyl (C=O) groups is 1. The van der Waals surface area contributed by atoms with E-state index in [4.69, 9.17) is 21.4 Å². The second-order valence-electron chi connectivity index (χ2n) is 3.37. The minimum Gasteiger partial charge on any atom is -0.478 e. The minimum atomic E-state index is -1.08. The summed E-state index contributed by atoms with van der Waals surface area (Å²) in [6, 6.07) is 6.41. The zero-order valence-electron chi connectivity index (χ0n) is 8.93. The van der Waals surface area contributed by atoms with Gasteiger partial charge in [-0.2, -0.15) is 0 Å². The summed E-state index contributed by atoms with van der Waals surface area (Å²) < 4.78 is 18.2. The van der Waals surface area contributed by atoms with Crippen molar-refractivity contribution in [3.05, 3.63) is 52.9 Å². The molecule has 1 aromatic carbocycles. The summed E-state index contributed by atoms with van der Waals surface area (Å²) in [5.41, 5.74) is 0.0493. The molecule has 1 heterocycles. The SMILES string of the molecule is O=C(O)c1ccnc(Oc2ccc(F)c(Cl)c2)c1. The Bertz CT molecular complexity index is 604. The van der Waals surface area contributed by atoms with E-state index in [1.54, 1.807) is 0 Å². The van der Waals surface area contributed by atoms with Crippen LogP contribution in [-0.2, 0) is 0 Å². The van der Waals surface area contributed by atoms with Gasteiger partial charge >= 0.3 is 5.97 Å².